The normalized spacial score (nSPS) is 17.3. The molecule has 0 aromatic heterocycles. The van der Waals surface area contributed by atoms with Crippen molar-refractivity contribution in [1.29, 1.82) is 0 Å². The number of anilines is 1. The van der Waals surface area contributed by atoms with Crippen molar-refractivity contribution < 1.29 is 14.0 Å². The van der Waals surface area contributed by atoms with E-state index in [1.807, 2.05) is 59.5 Å². The molecule has 0 N–H and O–H groups in total. The first kappa shape index (κ1) is 23.4. The van der Waals surface area contributed by atoms with Crippen LogP contribution in [0.5, 0.6) is 0 Å². The second-order valence-electron chi connectivity index (χ2n) is 8.89. The van der Waals surface area contributed by atoms with Crippen molar-refractivity contribution >= 4 is 35.3 Å². The molecular weight excluding hydrogens is 459 g/mol. The molecule has 3 aromatic carbocycles. The Hall–Kier alpha value is -3.38. The number of para-hydroxylation sites is 1. The fourth-order valence-corrected chi connectivity index (χ4v) is 5.60. The van der Waals surface area contributed by atoms with Crippen LogP contribution >= 0.6 is 11.8 Å². The van der Waals surface area contributed by atoms with Crippen LogP contribution in [0.4, 0.5) is 10.1 Å². The van der Waals surface area contributed by atoms with Gasteiger partial charge < -0.3 is 9.80 Å². The highest BCUT2D eigenvalue weighted by atomic mass is 32.2. The van der Waals surface area contributed by atoms with Gasteiger partial charge >= 0.3 is 0 Å². The predicted molar refractivity (Wildman–Crippen MR) is 139 cm³/mol. The first-order valence-electron chi connectivity index (χ1n) is 12.0. The Balaban J connectivity index is 1.39. The highest BCUT2D eigenvalue weighted by molar-refractivity contribution is 8.04. The molecule has 2 aliphatic rings. The molecule has 2 aliphatic heterocycles. The van der Waals surface area contributed by atoms with Crippen LogP contribution in [0, 0.1) is 5.82 Å². The first-order valence-corrected chi connectivity index (χ1v) is 12.8. The monoisotopic (exact) mass is 486 g/mol. The molecule has 35 heavy (non-hydrogen) atoms. The van der Waals surface area contributed by atoms with E-state index in [0.717, 1.165) is 42.1 Å². The van der Waals surface area contributed by atoms with E-state index in [9.17, 15) is 14.0 Å². The molecule has 0 bridgehead atoms. The van der Waals surface area contributed by atoms with Crippen molar-refractivity contribution in [1.82, 2.24) is 4.90 Å². The molecule has 0 atom stereocenters. The molecular formula is C29H27FN2O2S. The fourth-order valence-electron chi connectivity index (χ4n) is 4.55. The fraction of sp³-hybridized carbons (Fsp3) is 0.241. The van der Waals surface area contributed by atoms with Crippen molar-refractivity contribution in [3.8, 4) is 0 Å². The summed E-state index contributed by atoms with van der Waals surface area (Å²) in [5.74, 6) is -0.424. The lowest BCUT2D eigenvalue weighted by atomic mass is 10.1. The predicted octanol–water partition coefficient (Wildman–Crippen LogP) is 6.52. The number of benzene rings is 3. The maximum Gasteiger partial charge on any atom is 0.265 e. The maximum absolute atomic E-state index is 14.4. The van der Waals surface area contributed by atoms with Crippen LogP contribution in [-0.4, -0.2) is 29.8 Å². The van der Waals surface area contributed by atoms with E-state index in [1.165, 1.54) is 30.7 Å². The number of hydrogen-bond acceptors (Lipinski definition) is 3. The van der Waals surface area contributed by atoms with E-state index in [4.69, 9.17) is 0 Å². The minimum absolute atomic E-state index is 0.0687. The standard InChI is InChI=1S/C29H27FN2O2S/c30-24-10-4-3-9-23(24)20-32-25-11-5-6-12-26(25)35-27(29(32)34)19-21-13-15-22(16-14-21)28(33)31-17-7-1-2-8-18-31/h3-6,9-16,19H,1-2,7-8,17-18,20H2. The number of thioether (sulfide) groups is 1. The number of hydrogen-bond donors (Lipinski definition) is 0. The zero-order valence-electron chi connectivity index (χ0n) is 19.5. The second kappa shape index (κ2) is 10.5. The lowest BCUT2D eigenvalue weighted by molar-refractivity contribution is -0.114. The summed E-state index contributed by atoms with van der Waals surface area (Å²) in [5, 5.41) is 0. The van der Waals surface area contributed by atoms with Crippen molar-refractivity contribution in [3.63, 3.8) is 0 Å². The number of likely N-dealkylation sites (tertiary alicyclic amines) is 1. The van der Waals surface area contributed by atoms with Gasteiger partial charge in [0, 0.05) is 29.1 Å². The Kier molecular flexibility index (Phi) is 7.00. The zero-order valence-corrected chi connectivity index (χ0v) is 20.3. The van der Waals surface area contributed by atoms with E-state index in [2.05, 4.69) is 0 Å². The van der Waals surface area contributed by atoms with E-state index >= 15 is 0 Å². The summed E-state index contributed by atoms with van der Waals surface area (Å²) >= 11 is 1.41. The van der Waals surface area contributed by atoms with Crippen molar-refractivity contribution in [2.24, 2.45) is 0 Å². The van der Waals surface area contributed by atoms with Gasteiger partial charge in [0.15, 0.2) is 0 Å². The summed E-state index contributed by atoms with van der Waals surface area (Å²) in [6.07, 6.45) is 6.32. The molecule has 0 spiro atoms. The van der Waals surface area contributed by atoms with Crippen molar-refractivity contribution in [2.75, 3.05) is 18.0 Å². The molecule has 0 radical (unpaired) electrons. The molecule has 6 heteroatoms. The SMILES string of the molecule is O=C(c1ccc(C=C2Sc3ccccc3N(Cc3ccccc3F)C2=O)cc1)N1CCCCCC1. The largest absolute Gasteiger partial charge is 0.339 e. The third-order valence-corrected chi connectivity index (χ3v) is 7.54. The van der Waals surface area contributed by atoms with Crippen LogP contribution in [0.15, 0.2) is 82.6 Å². The Labute approximate surface area is 209 Å². The Morgan fingerprint density at radius 1 is 0.886 bits per heavy atom. The molecule has 2 heterocycles. The van der Waals surface area contributed by atoms with Gasteiger partial charge in [-0.05, 0) is 54.8 Å². The van der Waals surface area contributed by atoms with Crippen molar-refractivity contribution in [3.05, 3.63) is 100 Å². The molecule has 0 aliphatic carbocycles. The number of carbonyl (C=O) groups excluding carboxylic acids is 2. The maximum atomic E-state index is 14.4. The van der Waals surface area contributed by atoms with Crippen LogP contribution in [-0.2, 0) is 11.3 Å². The Bertz CT molecular complexity index is 1260. The summed E-state index contributed by atoms with van der Waals surface area (Å²) < 4.78 is 14.4. The van der Waals surface area contributed by atoms with Crippen LogP contribution in [0.3, 0.4) is 0 Å². The van der Waals surface area contributed by atoms with Crippen LogP contribution in [0.1, 0.15) is 47.2 Å². The second-order valence-corrected chi connectivity index (χ2v) is 9.97. The highest BCUT2D eigenvalue weighted by Crippen LogP contribution is 2.42. The quantitative estimate of drug-likeness (QED) is 0.394. The summed E-state index contributed by atoms with van der Waals surface area (Å²) in [6, 6.07) is 21.7. The number of amides is 2. The highest BCUT2D eigenvalue weighted by Gasteiger charge is 2.29. The molecule has 4 nitrogen and oxygen atoms in total. The van der Waals surface area contributed by atoms with Gasteiger partial charge in [0.25, 0.3) is 11.8 Å². The van der Waals surface area contributed by atoms with Gasteiger partial charge in [0.05, 0.1) is 17.1 Å². The molecule has 0 saturated carbocycles. The van der Waals surface area contributed by atoms with Gasteiger partial charge in [-0.2, -0.15) is 0 Å². The third kappa shape index (κ3) is 5.17. The lowest BCUT2D eigenvalue weighted by Crippen LogP contribution is -2.34. The van der Waals surface area contributed by atoms with E-state index < -0.39 is 0 Å². The number of fused-ring (bicyclic) bond motifs is 1. The number of nitrogens with zero attached hydrogens (tertiary/aromatic N) is 2. The molecule has 1 saturated heterocycles. The van der Waals surface area contributed by atoms with Gasteiger partial charge in [-0.3, -0.25) is 9.59 Å². The van der Waals surface area contributed by atoms with Gasteiger partial charge in [-0.15, -0.1) is 0 Å². The summed E-state index contributed by atoms with van der Waals surface area (Å²) in [7, 11) is 0. The smallest absolute Gasteiger partial charge is 0.265 e. The van der Waals surface area contributed by atoms with E-state index in [1.54, 1.807) is 23.1 Å². The van der Waals surface area contributed by atoms with E-state index in [0.29, 0.717) is 16.0 Å². The number of carbonyl (C=O) groups is 2. The summed E-state index contributed by atoms with van der Waals surface area (Å²) in [6.45, 7) is 1.78. The minimum Gasteiger partial charge on any atom is -0.339 e. The molecule has 3 aromatic rings. The lowest BCUT2D eigenvalue weighted by Gasteiger charge is -2.30. The average molecular weight is 487 g/mol. The number of rotatable bonds is 4. The van der Waals surface area contributed by atoms with E-state index in [-0.39, 0.29) is 24.2 Å². The Morgan fingerprint density at radius 3 is 2.31 bits per heavy atom. The molecule has 1 fully saturated rings. The van der Waals surface area contributed by atoms with Gasteiger partial charge in [-0.1, -0.05) is 67.1 Å². The van der Waals surface area contributed by atoms with Crippen molar-refractivity contribution in [2.45, 2.75) is 37.1 Å². The molecule has 5 rings (SSSR count). The third-order valence-electron chi connectivity index (χ3n) is 6.47. The summed E-state index contributed by atoms with van der Waals surface area (Å²) in [4.78, 5) is 31.5. The minimum atomic E-state index is -0.328. The first-order chi connectivity index (χ1) is 17.1. The molecule has 178 valence electrons. The number of halogens is 1. The van der Waals surface area contributed by atoms with Crippen LogP contribution < -0.4 is 4.90 Å². The van der Waals surface area contributed by atoms with Crippen LogP contribution in [0.25, 0.3) is 6.08 Å². The molecule has 2 amide bonds. The van der Waals surface area contributed by atoms with Gasteiger partial charge in [0.2, 0.25) is 0 Å². The average Bonchev–Trinajstić information content (AvgIpc) is 3.17. The van der Waals surface area contributed by atoms with Gasteiger partial charge in [0.1, 0.15) is 5.82 Å². The Morgan fingerprint density at radius 2 is 1.57 bits per heavy atom. The zero-order chi connectivity index (χ0) is 24.2. The topological polar surface area (TPSA) is 40.6 Å². The van der Waals surface area contributed by atoms with Crippen LogP contribution in [0.2, 0.25) is 0 Å². The summed E-state index contributed by atoms with van der Waals surface area (Å²) in [5.41, 5.74) is 2.77. The molecule has 0 unspecified atom stereocenters. The van der Waals surface area contributed by atoms with Gasteiger partial charge in [-0.25, -0.2) is 4.39 Å².